The van der Waals surface area contributed by atoms with Gasteiger partial charge in [-0.15, -0.1) is 5.73 Å². The van der Waals surface area contributed by atoms with Gasteiger partial charge in [0.05, 0.1) is 5.57 Å². The number of hydrogen-bond donors (Lipinski definition) is 0. The van der Waals surface area contributed by atoms with E-state index in [0.29, 0.717) is 29.6 Å². The van der Waals surface area contributed by atoms with Crippen LogP contribution in [0.1, 0.15) is 87.5 Å². The molecule has 1 heterocycles. The van der Waals surface area contributed by atoms with Crippen molar-refractivity contribution in [2.24, 2.45) is 4.99 Å². The number of rotatable bonds is 10. The summed E-state index contributed by atoms with van der Waals surface area (Å²) in [6.45, 7) is 12.9. The van der Waals surface area contributed by atoms with Crippen LogP contribution in [0.5, 0.6) is 0 Å². The predicted molar refractivity (Wildman–Crippen MR) is 198 cm³/mol. The largest absolute Gasteiger partial charge is 0.297 e. The first-order valence-corrected chi connectivity index (χ1v) is 16.8. The van der Waals surface area contributed by atoms with E-state index in [-0.39, 0.29) is 11.6 Å². The van der Waals surface area contributed by atoms with E-state index in [1.165, 1.54) is 33.4 Å². The molecule has 238 valence electrons. The molecule has 0 saturated heterocycles. The molecule has 0 radical (unpaired) electrons. The molecule has 0 saturated carbocycles. The first-order chi connectivity index (χ1) is 22.8. The molecule has 47 heavy (non-hydrogen) atoms. The lowest BCUT2D eigenvalue weighted by molar-refractivity contribution is -0.112. The molecule has 3 aliphatic rings. The second-order valence-corrected chi connectivity index (χ2v) is 12.7. The van der Waals surface area contributed by atoms with E-state index in [1.807, 2.05) is 32.2 Å². The number of nitrogens with zero attached hydrogens (tertiary/aromatic N) is 1. The minimum atomic E-state index is -0.171. The normalized spacial score (nSPS) is 17.2. The average molecular weight is 620 g/mol. The van der Waals surface area contributed by atoms with Gasteiger partial charge in [0.15, 0.2) is 11.6 Å². The lowest BCUT2D eigenvalue weighted by atomic mass is 9.90. The highest BCUT2D eigenvalue weighted by molar-refractivity contribution is 6.13. The molecule has 3 heteroatoms. The van der Waals surface area contributed by atoms with Crippen molar-refractivity contribution in [3.63, 3.8) is 0 Å². The number of hydrogen-bond acceptors (Lipinski definition) is 3. The Labute approximate surface area is 280 Å². The molecule has 0 unspecified atom stereocenters. The van der Waals surface area contributed by atoms with E-state index in [2.05, 4.69) is 84.6 Å². The number of benzene rings is 2. The van der Waals surface area contributed by atoms with Crippen molar-refractivity contribution in [2.45, 2.75) is 71.6 Å². The van der Waals surface area contributed by atoms with Gasteiger partial charge in [-0.25, -0.2) is 0 Å². The van der Waals surface area contributed by atoms with Crippen LogP contribution < -0.4 is 0 Å². The van der Waals surface area contributed by atoms with Crippen LogP contribution in [0.3, 0.4) is 0 Å². The summed E-state index contributed by atoms with van der Waals surface area (Å²) in [4.78, 5) is 31.6. The lowest BCUT2D eigenvalue weighted by Gasteiger charge is -2.15. The van der Waals surface area contributed by atoms with Crippen LogP contribution in [-0.4, -0.2) is 24.3 Å². The number of allylic oxidation sites excluding steroid dienone is 12. The molecule has 0 amide bonds. The Hall–Kier alpha value is -4.85. The Balaban J connectivity index is 1.25. The minimum absolute atomic E-state index is 0.101. The monoisotopic (exact) mass is 619 g/mol. The van der Waals surface area contributed by atoms with E-state index >= 15 is 0 Å². The summed E-state index contributed by atoms with van der Waals surface area (Å²) in [6.07, 6.45) is 21.5. The molecule has 0 atom stereocenters. The van der Waals surface area contributed by atoms with E-state index < -0.39 is 0 Å². The van der Waals surface area contributed by atoms with Crippen LogP contribution >= 0.6 is 0 Å². The van der Waals surface area contributed by atoms with Crippen molar-refractivity contribution >= 4 is 34.5 Å². The molecular weight excluding hydrogens is 574 g/mol. The molecule has 0 spiro atoms. The van der Waals surface area contributed by atoms with Crippen molar-refractivity contribution < 1.29 is 9.59 Å². The number of carbonyl (C=O) groups excluding carboxylic acids is 2. The van der Waals surface area contributed by atoms with Gasteiger partial charge >= 0.3 is 0 Å². The average Bonchev–Trinajstić information content (AvgIpc) is 3.05. The zero-order valence-corrected chi connectivity index (χ0v) is 27.9. The molecule has 1 aliphatic heterocycles. The third-order valence-electron chi connectivity index (χ3n) is 9.04. The number of carbonyl (C=O) groups is 2. The van der Waals surface area contributed by atoms with Gasteiger partial charge in [-0.1, -0.05) is 91.6 Å². The third-order valence-corrected chi connectivity index (χ3v) is 9.04. The zero-order chi connectivity index (χ0) is 33.2. The van der Waals surface area contributed by atoms with Gasteiger partial charge in [-0.05, 0) is 140 Å². The fourth-order valence-electron chi connectivity index (χ4n) is 6.11. The molecule has 2 aromatic carbocycles. The number of Topliss-reactive ketones (excluding diaryl/α,β-unsaturated/α-hetero) is 1. The van der Waals surface area contributed by atoms with Gasteiger partial charge in [0.25, 0.3) is 0 Å². The smallest absolute Gasteiger partial charge is 0.193 e. The highest BCUT2D eigenvalue weighted by atomic mass is 16.1. The SMILES string of the molecule is C=C1CC=C(c2ccc(CCC(=C)C(=O)C3=CC(C(=O)C=C(C)c4ccc(C5=CCCC=NCC5)cc4)=C=C(C)C=CC3)cc2)CC1. The van der Waals surface area contributed by atoms with Crippen LogP contribution in [0.4, 0.5) is 0 Å². The molecule has 0 N–H and O–H groups in total. The molecular formula is C44H45NO2. The van der Waals surface area contributed by atoms with Crippen LogP contribution in [0.25, 0.3) is 16.7 Å². The highest BCUT2D eigenvalue weighted by Crippen LogP contribution is 2.30. The zero-order valence-electron chi connectivity index (χ0n) is 27.9. The van der Waals surface area contributed by atoms with E-state index in [1.54, 1.807) is 12.2 Å². The van der Waals surface area contributed by atoms with Crippen LogP contribution in [-0.2, 0) is 16.0 Å². The summed E-state index contributed by atoms with van der Waals surface area (Å²) in [5.74, 6) is -0.272. The second-order valence-electron chi connectivity index (χ2n) is 12.7. The van der Waals surface area contributed by atoms with Gasteiger partial charge in [0.2, 0.25) is 0 Å². The van der Waals surface area contributed by atoms with Crippen LogP contribution in [0.2, 0.25) is 0 Å². The minimum Gasteiger partial charge on any atom is -0.297 e. The number of ketones is 2. The number of aryl methyl sites for hydroxylation is 1. The maximum Gasteiger partial charge on any atom is 0.193 e. The molecule has 0 bridgehead atoms. The molecule has 0 aromatic heterocycles. The number of aliphatic imine (C=N–C) groups is 1. The van der Waals surface area contributed by atoms with Gasteiger partial charge in [-0.2, -0.15) is 0 Å². The quantitative estimate of drug-likeness (QED) is 0.151. The van der Waals surface area contributed by atoms with E-state index in [4.69, 9.17) is 0 Å². The third kappa shape index (κ3) is 9.35. The summed E-state index contributed by atoms with van der Waals surface area (Å²) in [7, 11) is 0. The van der Waals surface area contributed by atoms with E-state index in [0.717, 1.165) is 68.2 Å². The maximum absolute atomic E-state index is 13.6. The standard InChI is InChI=1S/C44H45NO2/c1-31-11-17-38(18-12-31)39-19-15-35(16-20-39)14-13-33(3)44(47)41-10-7-8-32(2)28-42(30-41)43(46)29-34(4)36-21-23-40(24-22-36)37-9-5-6-26-45-27-25-37/h7-9,15-17,19-24,26,29-30H,1,3,5-6,10-14,18,25,27H2,2,4H3. The Morgan fingerprint density at radius 1 is 0.915 bits per heavy atom. The molecule has 3 nitrogen and oxygen atoms in total. The molecule has 0 fully saturated rings. The van der Waals surface area contributed by atoms with Gasteiger partial charge in [0.1, 0.15) is 0 Å². The summed E-state index contributed by atoms with van der Waals surface area (Å²) >= 11 is 0. The Kier molecular flexibility index (Phi) is 11.5. The summed E-state index contributed by atoms with van der Waals surface area (Å²) in [5.41, 5.74) is 15.0. The lowest BCUT2D eigenvalue weighted by Crippen LogP contribution is -2.09. The summed E-state index contributed by atoms with van der Waals surface area (Å²) < 4.78 is 0. The topological polar surface area (TPSA) is 46.5 Å². The van der Waals surface area contributed by atoms with Crippen LogP contribution in [0, 0.1) is 0 Å². The first-order valence-electron chi connectivity index (χ1n) is 16.8. The van der Waals surface area contributed by atoms with E-state index in [9.17, 15) is 9.59 Å². The summed E-state index contributed by atoms with van der Waals surface area (Å²) in [6, 6.07) is 17.0. The van der Waals surface area contributed by atoms with Crippen molar-refractivity contribution in [1.82, 2.24) is 0 Å². The Morgan fingerprint density at radius 3 is 2.36 bits per heavy atom. The van der Waals surface area contributed by atoms with Gasteiger partial charge in [0, 0.05) is 12.1 Å². The van der Waals surface area contributed by atoms with Crippen LogP contribution in [0.15, 0.2) is 137 Å². The predicted octanol–water partition coefficient (Wildman–Crippen LogP) is 10.5. The van der Waals surface area contributed by atoms with Crippen molar-refractivity contribution in [3.05, 3.63) is 154 Å². The first kappa shape index (κ1) is 33.5. The second kappa shape index (κ2) is 16.1. The van der Waals surface area contributed by atoms with Crippen molar-refractivity contribution in [3.8, 4) is 0 Å². The van der Waals surface area contributed by atoms with Crippen molar-refractivity contribution in [1.29, 1.82) is 0 Å². The molecule has 2 aliphatic carbocycles. The van der Waals surface area contributed by atoms with Gasteiger partial charge in [-0.3, -0.25) is 14.6 Å². The molecule has 2 aromatic rings. The van der Waals surface area contributed by atoms with Crippen molar-refractivity contribution in [2.75, 3.05) is 6.54 Å². The maximum atomic E-state index is 13.6. The Morgan fingerprint density at radius 2 is 1.64 bits per heavy atom. The highest BCUT2D eigenvalue weighted by Gasteiger charge is 2.17. The fraction of sp³-hybridized carbons (Fsp3) is 0.273. The summed E-state index contributed by atoms with van der Waals surface area (Å²) in [5, 5.41) is 0. The van der Waals surface area contributed by atoms with Gasteiger partial charge < -0.3 is 0 Å². The molecule has 5 rings (SSSR count). The Bertz CT molecular complexity index is 1810. The fourth-order valence-corrected chi connectivity index (χ4v) is 6.11.